The lowest BCUT2D eigenvalue weighted by Gasteiger charge is -2.27. The molecule has 1 fully saturated rings. The molecule has 0 aromatic carbocycles. The zero-order valence-electron chi connectivity index (χ0n) is 9.54. The fourth-order valence-corrected chi connectivity index (χ4v) is 1.86. The molecule has 0 aliphatic carbocycles. The van der Waals surface area contributed by atoms with E-state index in [0.29, 0.717) is 5.15 Å². The third kappa shape index (κ3) is 3.71. The van der Waals surface area contributed by atoms with Crippen LogP contribution in [0, 0.1) is 0 Å². The van der Waals surface area contributed by atoms with E-state index in [1.54, 1.807) is 0 Å². The van der Waals surface area contributed by atoms with Gasteiger partial charge in [-0.15, -0.1) is 0 Å². The van der Waals surface area contributed by atoms with Crippen LogP contribution in [0.25, 0.3) is 0 Å². The van der Waals surface area contributed by atoms with Gasteiger partial charge in [-0.1, -0.05) is 31.5 Å². The topological polar surface area (TPSA) is 16.1 Å². The highest BCUT2D eigenvalue weighted by atomic mass is 35.5. The Morgan fingerprint density at radius 1 is 1.13 bits per heavy atom. The molecule has 0 radical (unpaired) electrons. The third-order valence-electron chi connectivity index (χ3n) is 2.38. The first-order chi connectivity index (χ1) is 7.36. The number of anilines is 1. The minimum absolute atomic E-state index is 0.586. The van der Waals surface area contributed by atoms with E-state index >= 15 is 0 Å². The second-order valence-electron chi connectivity index (χ2n) is 3.37. The van der Waals surface area contributed by atoms with E-state index in [0.717, 1.165) is 18.9 Å². The van der Waals surface area contributed by atoms with Crippen LogP contribution in [0.4, 0.5) is 5.82 Å². The number of piperidine rings is 1. The molecule has 3 heteroatoms. The van der Waals surface area contributed by atoms with Crippen molar-refractivity contribution in [3.8, 4) is 0 Å². The molecule has 2 nitrogen and oxygen atoms in total. The molecule has 1 aromatic heterocycles. The Labute approximate surface area is 97.3 Å². The smallest absolute Gasteiger partial charge is 0.131 e. The summed E-state index contributed by atoms with van der Waals surface area (Å²) in [5.74, 6) is 1.02. The van der Waals surface area contributed by atoms with Gasteiger partial charge in [-0.3, -0.25) is 0 Å². The molecular weight excluding hydrogens is 208 g/mol. The molecule has 0 bridgehead atoms. The van der Waals surface area contributed by atoms with Crippen molar-refractivity contribution in [1.82, 2.24) is 4.98 Å². The average Bonchev–Trinajstić information content (AvgIpc) is 2.33. The highest BCUT2D eigenvalue weighted by Crippen LogP contribution is 2.18. The molecule has 1 aliphatic rings. The molecule has 0 saturated carbocycles. The maximum Gasteiger partial charge on any atom is 0.131 e. The third-order valence-corrected chi connectivity index (χ3v) is 2.59. The number of nitrogens with zero attached hydrogens (tertiary/aromatic N) is 2. The van der Waals surface area contributed by atoms with E-state index in [-0.39, 0.29) is 0 Å². The Morgan fingerprint density at radius 2 is 1.80 bits per heavy atom. The molecule has 2 rings (SSSR count). The van der Waals surface area contributed by atoms with Crippen LogP contribution in [0.1, 0.15) is 33.1 Å². The van der Waals surface area contributed by atoms with Gasteiger partial charge in [-0.2, -0.15) is 0 Å². The van der Waals surface area contributed by atoms with E-state index in [1.807, 2.05) is 32.0 Å². The molecule has 0 amide bonds. The van der Waals surface area contributed by atoms with Crippen LogP contribution >= 0.6 is 11.6 Å². The number of rotatable bonds is 1. The standard InChI is InChI=1S/C10H13ClN2.C2H6/c11-9-5-4-6-10(12-9)13-7-2-1-3-8-13;1-2/h4-6H,1-3,7-8H2;1-2H3. The van der Waals surface area contributed by atoms with Gasteiger partial charge in [0.15, 0.2) is 0 Å². The number of hydrogen-bond acceptors (Lipinski definition) is 2. The van der Waals surface area contributed by atoms with Crippen molar-refractivity contribution >= 4 is 17.4 Å². The summed E-state index contributed by atoms with van der Waals surface area (Å²) in [4.78, 5) is 6.59. The zero-order chi connectivity index (χ0) is 11.1. The lowest BCUT2D eigenvalue weighted by Crippen LogP contribution is -2.30. The average molecular weight is 227 g/mol. The Bertz CT molecular complexity index is 283. The van der Waals surface area contributed by atoms with Crippen molar-refractivity contribution in [2.24, 2.45) is 0 Å². The summed E-state index contributed by atoms with van der Waals surface area (Å²) in [5, 5.41) is 0.586. The lowest BCUT2D eigenvalue weighted by molar-refractivity contribution is 0.573. The second kappa shape index (κ2) is 6.67. The highest BCUT2D eigenvalue weighted by Gasteiger charge is 2.11. The van der Waals surface area contributed by atoms with E-state index in [1.165, 1.54) is 19.3 Å². The van der Waals surface area contributed by atoms with Gasteiger partial charge >= 0.3 is 0 Å². The fraction of sp³-hybridized carbons (Fsp3) is 0.583. The summed E-state index contributed by atoms with van der Waals surface area (Å²) >= 11 is 5.83. The predicted molar refractivity (Wildman–Crippen MR) is 66.7 cm³/mol. The Balaban J connectivity index is 0.000000531. The van der Waals surface area contributed by atoms with E-state index in [4.69, 9.17) is 11.6 Å². The van der Waals surface area contributed by atoms with E-state index in [9.17, 15) is 0 Å². The minimum Gasteiger partial charge on any atom is -0.357 e. The molecule has 15 heavy (non-hydrogen) atoms. The summed E-state index contributed by atoms with van der Waals surface area (Å²) in [6.07, 6.45) is 3.89. The van der Waals surface area contributed by atoms with E-state index < -0.39 is 0 Å². The van der Waals surface area contributed by atoms with Crippen molar-refractivity contribution in [1.29, 1.82) is 0 Å². The molecule has 1 saturated heterocycles. The number of hydrogen-bond donors (Lipinski definition) is 0. The van der Waals surface area contributed by atoms with Gasteiger partial charge in [0.1, 0.15) is 11.0 Å². The number of pyridine rings is 1. The van der Waals surface area contributed by atoms with Crippen LogP contribution < -0.4 is 4.90 Å². The highest BCUT2D eigenvalue weighted by molar-refractivity contribution is 6.29. The van der Waals surface area contributed by atoms with Gasteiger partial charge in [-0.05, 0) is 31.4 Å². The first-order valence-corrected chi connectivity index (χ1v) is 6.11. The van der Waals surface area contributed by atoms with Crippen molar-refractivity contribution in [3.05, 3.63) is 23.4 Å². The van der Waals surface area contributed by atoms with Gasteiger partial charge in [0.2, 0.25) is 0 Å². The summed E-state index contributed by atoms with van der Waals surface area (Å²) in [6, 6.07) is 5.80. The van der Waals surface area contributed by atoms with Gasteiger partial charge in [0.25, 0.3) is 0 Å². The molecule has 0 atom stereocenters. The summed E-state index contributed by atoms with van der Waals surface area (Å²) in [6.45, 7) is 6.24. The Kier molecular flexibility index (Phi) is 5.48. The first kappa shape index (κ1) is 12.3. The normalized spacial score (nSPS) is 15.5. The van der Waals surface area contributed by atoms with Crippen molar-refractivity contribution in [3.63, 3.8) is 0 Å². The lowest BCUT2D eigenvalue weighted by atomic mass is 10.1. The molecule has 0 spiro atoms. The summed E-state index contributed by atoms with van der Waals surface area (Å²) in [5.41, 5.74) is 0. The molecule has 0 N–H and O–H groups in total. The van der Waals surface area contributed by atoms with Crippen LogP contribution in [0.2, 0.25) is 5.15 Å². The van der Waals surface area contributed by atoms with Crippen LogP contribution in [-0.2, 0) is 0 Å². The van der Waals surface area contributed by atoms with Crippen LogP contribution in [0.5, 0.6) is 0 Å². The van der Waals surface area contributed by atoms with Crippen LogP contribution in [-0.4, -0.2) is 18.1 Å². The fourth-order valence-electron chi connectivity index (χ4n) is 1.70. The maximum atomic E-state index is 5.83. The molecule has 1 aliphatic heterocycles. The van der Waals surface area contributed by atoms with Crippen molar-refractivity contribution in [2.75, 3.05) is 18.0 Å². The minimum atomic E-state index is 0.586. The number of halogens is 1. The first-order valence-electron chi connectivity index (χ1n) is 5.74. The summed E-state index contributed by atoms with van der Waals surface area (Å²) in [7, 11) is 0. The molecular formula is C12H19ClN2. The SMILES string of the molecule is CC.Clc1cccc(N2CCCCC2)n1. The summed E-state index contributed by atoms with van der Waals surface area (Å²) < 4.78 is 0. The molecule has 1 aromatic rings. The Hall–Kier alpha value is -0.760. The van der Waals surface area contributed by atoms with Gasteiger partial charge < -0.3 is 4.90 Å². The van der Waals surface area contributed by atoms with Gasteiger partial charge in [0.05, 0.1) is 0 Å². The largest absolute Gasteiger partial charge is 0.357 e. The number of aromatic nitrogens is 1. The predicted octanol–water partition coefficient (Wildman–Crippen LogP) is 3.75. The van der Waals surface area contributed by atoms with Gasteiger partial charge in [0, 0.05) is 13.1 Å². The molecule has 2 heterocycles. The van der Waals surface area contributed by atoms with Crippen LogP contribution in [0.15, 0.2) is 18.2 Å². The quantitative estimate of drug-likeness (QED) is 0.678. The maximum absolute atomic E-state index is 5.83. The van der Waals surface area contributed by atoms with Crippen LogP contribution in [0.3, 0.4) is 0 Å². The van der Waals surface area contributed by atoms with Crippen molar-refractivity contribution in [2.45, 2.75) is 33.1 Å². The monoisotopic (exact) mass is 226 g/mol. The Morgan fingerprint density at radius 3 is 2.40 bits per heavy atom. The molecule has 84 valence electrons. The van der Waals surface area contributed by atoms with Gasteiger partial charge in [-0.25, -0.2) is 4.98 Å². The van der Waals surface area contributed by atoms with E-state index in [2.05, 4.69) is 9.88 Å². The zero-order valence-corrected chi connectivity index (χ0v) is 10.3. The van der Waals surface area contributed by atoms with Crippen molar-refractivity contribution < 1.29 is 0 Å². The second-order valence-corrected chi connectivity index (χ2v) is 3.75. The molecule has 0 unspecified atom stereocenters.